The Hall–Kier alpha value is -2.55. The molecule has 8 heteroatoms. The minimum Gasteiger partial charge on any atom is -0.317 e. The van der Waals surface area contributed by atoms with Crippen LogP contribution in [0, 0.1) is 6.92 Å². The Labute approximate surface area is 174 Å². The van der Waals surface area contributed by atoms with Gasteiger partial charge in [0.2, 0.25) is 5.91 Å². The molecule has 6 nitrogen and oxygen atoms in total. The van der Waals surface area contributed by atoms with Gasteiger partial charge in [0.15, 0.2) is 9.84 Å². The first-order valence-electron chi connectivity index (χ1n) is 9.00. The molecular weight excluding hydrogens is 406 g/mol. The molecule has 3 rings (SSSR count). The standard InChI is InChI=1S/C21H23N3O3S2/c1-14-9-16(7-8-23-14)17-12-20(28-13-17)24-19(25)11-15-5-4-6-18(10-15)29(26,27)21(2,3)22/h4-10,12-13H,11,22H2,1-3H3,(H,24,25). The molecule has 2 aromatic heterocycles. The molecule has 152 valence electrons. The predicted octanol–water partition coefficient (Wildman–Crippen LogP) is 3.77. The number of thiophene rings is 1. The van der Waals surface area contributed by atoms with Gasteiger partial charge in [0.1, 0.15) is 4.87 Å². The molecule has 1 aromatic carbocycles. The number of nitrogens with two attached hydrogens (primary N) is 1. The minimum atomic E-state index is -3.68. The quantitative estimate of drug-likeness (QED) is 0.621. The van der Waals surface area contributed by atoms with Gasteiger partial charge in [-0.15, -0.1) is 11.3 Å². The van der Waals surface area contributed by atoms with Crippen LogP contribution in [0.5, 0.6) is 0 Å². The number of sulfone groups is 1. The third kappa shape index (κ3) is 4.90. The van der Waals surface area contributed by atoms with E-state index in [0.717, 1.165) is 21.8 Å². The number of nitrogens with zero attached hydrogens (tertiary/aromatic N) is 1. The van der Waals surface area contributed by atoms with E-state index in [1.807, 2.05) is 30.5 Å². The molecule has 0 spiro atoms. The second-order valence-electron chi connectivity index (χ2n) is 7.36. The van der Waals surface area contributed by atoms with Crippen molar-refractivity contribution in [1.82, 2.24) is 4.98 Å². The van der Waals surface area contributed by atoms with Gasteiger partial charge in [0.25, 0.3) is 0 Å². The fourth-order valence-electron chi connectivity index (χ4n) is 2.77. The number of hydrogen-bond donors (Lipinski definition) is 2. The van der Waals surface area contributed by atoms with Crippen LogP contribution in [0.15, 0.2) is 58.9 Å². The number of amides is 1. The molecule has 1 amide bonds. The highest BCUT2D eigenvalue weighted by molar-refractivity contribution is 7.92. The fourth-order valence-corrected chi connectivity index (χ4v) is 4.77. The van der Waals surface area contributed by atoms with Crippen molar-refractivity contribution in [3.63, 3.8) is 0 Å². The van der Waals surface area contributed by atoms with Gasteiger partial charge in [-0.3, -0.25) is 9.78 Å². The summed E-state index contributed by atoms with van der Waals surface area (Å²) in [7, 11) is -3.68. The summed E-state index contributed by atoms with van der Waals surface area (Å²) in [5.41, 5.74) is 9.37. The largest absolute Gasteiger partial charge is 0.317 e. The van der Waals surface area contributed by atoms with Gasteiger partial charge in [0, 0.05) is 17.3 Å². The number of benzene rings is 1. The molecule has 0 unspecified atom stereocenters. The molecule has 3 N–H and O–H groups in total. The van der Waals surface area contributed by atoms with Gasteiger partial charge in [-0.25, -0.2) is 8.42 Å². The van der Waals surface area contributed by atoms with E-state index in [-0.39, 0.29) is 17.2 Å². The number of aryl methyl sites for hydroxylation is 1. The summed E-state index contributed by atoms with van der Waals surface area (Å²) in [6, 6.07) is 12.2. The maximum Gasteiger partial charge on any atom is 0.229 e. The monoisotopic (exact) mass is 429 g/mol. The van der Waals surface area contributed by atoms with Crippen LogP contribution in [0.2, 0.25) is 0 Å². The van der Waals surface area contributed by atoms with Crippen molar-refractivity contribution in [2.45, 2.75) is 37.0 Å². The third-order valence-corrected chi connectivity index (χ3v) is 7.46. The zero-order valence-electron chi connectivity index (χ0n) is 16.5. The Morgan fingerprint density at radius 3 is 2.62 bits per heavy atom. The van der Waals surface area contributed by atoms with Crippen molar-refractivity contribution in [1.29, 1.82) is 0 Å². The van der Waals surface area contributed by atoms with E-state index >= 15 is 0 Å². The molecule has 3 aromatic rings. The zero-order valence-corrected chi connectivity index (χ0v) is 18.1. The lowest BCUT2D eigenvalue weighted by molar-refractivity contribution is -0.115. The molecule has 0 aliphatic heterocycles. The van der Waals surface area contributed by atoms with E-state index < -0.39 is 14.7 Å². The Balaban J connectivity index is 1.72. The molecule has 0 radical (unpaired) electrons. The lowest BCUT2D eigenvalue weighted by Crippen LogP contribution is -2.41. The van der Waals surface area contributed by atoms with Crippen LogP contribution in [-0.2, 0) is 21.1 Å². The van der Waals surface area contributed by atoms with Crippen molar-refractivity contribution in [3.8, 4) is 11.1 Å². The first-order chi connectivity index (χ1) is 13.6. The van der Waals surface area contributed by atoms with Gasteiger partial charge in [-0.05, 0) is 67.8 Å². The van der Waals surface area contributed by atoms with E-state index in [4.69, 9.17) is 5.73 Å². The highest BCUT2D eigenvalue weighted by atomic mass is 32.2. The molecule has 0 saturated carbocycles. The number of pyridine rings is 1. The minimum absolute atomic E-state index is 0.0654. The summed E-state index contributed by atoms with van der Waals surface area (Å²) in [6.07, 6.45) is 1.82. The molecule has 0 fully saturated rings. The highest BCUT2D eigenvalue weighted by Crippen LogP contribution is 2.29. The van der Waals surface area contributed by atoms with Gasteiger partial charge in [-0.2, -0.15) is 0 Å². The average Bonchev–Trinajstić information content (AvgIpc) is 3.09. The van der Waals surface area contributed by atoms with E-state index in [1.165, 1.54) is 37.3 Å². The average molecular weight is 430 g/mol. The van der Waals surface area contributed by atoms with Crippen LogP contribution in [0.3, 0.4) is 0 Å². The van der Waals surface area contributed by atoms with Crippen molar-refractivity contribution >= 4 is 32.1 Å². The summed E-state index contributed by atoms with van der Waals surface area (Å²) in [4.78, 5) is 15.4. The molecule has 0 atom stereocenters. The van der Waals surface area contributed by atoms with Crippen molar-refractivity contribution in [2.75, 3.05) is 5.32 Å². The highest BCUT2D eigenvalue weighted by Gasteiger charge is 2.31. The number of anilines is 1. The second-order valence-corrected chi connectivity index (χ2v) is 10.8. The number of carbonyl (C=O) groups excluding carboxylic acids is 1. The third-order valence-electron chi connectivity index (χ3n) is 4.36. The zero-order chi connectivity index (χ0) is 21.2. The van der Waals surface area contributed by atoms with Crippen LogP contribution in [0.1, 0.15) is 25.1 Å². The molecule has 2 heterocycles. The van der Waals surface area contributed by atoms with E-state index in [2.05, 4.69) is 10.3 Å². The van der Waals surface area contributed by atoms with Gasteiger partial charge < -0.3 is 11.1 Å². The molecular formula is C21H23N3O3S2. The molecule has 0 aliphatic rings. The summed E-state index contributed by atoms with van der Waals surface area (Å²) in [6.45, 7) is 4.82. The van der Waals surface area contributed by atoms with Crippen molar-refractivity contribution < 1.29 is 13.2 Å². The normalized spacial score (nSPS) is 12.0. The Morgan fingerprint density at radius 2 is 1.93 bits per heavy atom. The topological polar surface area (TPSA) is 102 Å². The van der Waals surface area contributed by atoms with Crippen molar-refractivity contribution in [3.05, 3.63) is 65.3 Å². The van der Waals surface area contributed by atoms with Crippen LogP contribution in [-0.4, -0.2) is 24.2 Å². The fraction of sp³-hybridized carbons (Fsp3) is 0.238. The predicted molar refractivity (Wildman–Crippen MR) is 117 cm³/mol. The first-order valence-corrected chi connectivity index (χ1v) is 11.4. The second kappa shape index (κ2) is 8.06. The summed E-state index contributed by atoms with van der Waals surface area (Å²) < 4.78 is 25.0. The number of carbonyl (C=O) groups is 1. The number of rotatable bonds is 6. The molecule has 0 bridgehead atoms. The SMILES string of the molecule is Cc1cc(-c2csc(NC(=O)Cc3cccc(S(=O)(=O)C(C)(C)N)c3)c2)ccn1. The Bertz CT molecular complexity index is 1150. The number of hydrogen-bond acceptors (Lipinski definition) is 6. The molecule has 0 saturated heterocycles. The van der Waals surface area contributed by atoms with Crippen LogP contribution < -0.4 is 11.1 Å². The summed E-state index contributed by atoms with van der Waals surface area (Å²) in [5.74, 6) is -0.217. The molecule has 29 heavy (non-hydrogen) atoms. The van der Waals surface area contributed by atoms with Crippen LogP contribution in [0.4, 0.5) is 5.00 Å². The van der Waals surface area contributed by atoms with Crippen LogP contribution in [0.25, 0.3) is 11.1 Å². The van der Waals surface area contributed by atoms with Gasteiger partial charge >= 0.3 is 0 Å². The van der Waals surface area contributed by atoms with E-state index in [0.29, 0.717) is 5.56 Å². The first kappa shape index (κ1) is 21.2. The Morgan fingerprint density at radius 1 is 1.17 bits per heavy atom. The van der Waals surface area contributed by atoms with Crippen molar-refractivity contribution in [2.24, 2.45) is 5.73 Å². The Kier molecular flexibility index (Phi) is 5.88. The van der Waals surface area contributed by atoms with Crippen LogP contribution >= 0.6 is 11.3 Å². The van der Waals surface area contributed by atoms with E-state index in [1.54, 1.807) is 18.3 Å². The maximum absolute atomic E-state index is 12.5. The molecule has 0 aliphatic carbocycles. The summed E-state index contributed by atoms with van der Waals surface area (Å²) in [5, 5.41) is 5.57. The van der Waals surface area contributed by atoms with Gasteiger partial charge in [-0.1, -0.05) is 12.1 Å². The lowest BCUT2D eigenvalue weighted by Gasteiger charge is -2.19. The van der Waals surface area contributed by atoms with Gasteiger partial charge in [0.05, 0.1) is 16.3 Å². The maximum atomic E-state index is 12.5. The summed E-state index contributed by atoms with van der Waals surface area (Å²) >= 11 is 1.44. The lowest BCUT2D eigenvalue weighted by atomic mass is 10.1. The number of aromatic nitrogens is 1. The van der Waals surface area contributed by atoms with E-state index in [9.17, 15) is 13.2 Å². The smallest absolute Gasteiger partial charge is 0.229 e. The number of nitrogens with one attached hydrogen (secondary N) is 1.